The zero-order valence-corrected chi connectivity index (χ0v) is 21.8. The maximum absolute atomic E-state index is 12.8. The van der Waals surface area contributed by atoms with Crippen molar-refractivity contribution in [1.29, 1.82) is 0 Å². The van der Waals surface area contributed by atoms with Crippen molar-refractivity contribution in [3.63, 3.8) is 0 Å². The van der Waals surface area contributed by atoms with E-state index in [9.17, 15) is 4.79 Å². The minimum atomic E-state index is -0.357. The number of carbonyl (C=O) groups is 1. The lowest BCUT2D eigenvalue weighted by Crippen LogP contribution is -2.43. The summed E-state index contributed by atoms with van der Waals surface area (Å²) in [6.45, 7) is 4.22. The molecule has 0 amide bonds. The number of carbonyl (C=O) groups excluding carboxylic acids is 1. The first-order valence-corrected chi connectivity index (χ1v) is 14.2. The van der Waals surface area contributed by atoms with Crippen LogP contribution in [0.5, 0.6) is 5.75 Å². The van der Waals surface area contributed by atoms with E-state index in [0.29, 0.717) is 11.7 Å². The number of hydrogen-bond donors (Lipinski definition) is 0. The van der Waals surface area contributed by atoms with E-state index < -0.39 is 0 Å². The minimum absolute atomic E-state index is 0.0586. The molecule has 184 valence electrons. The Hall–Kier alpha value is -2.72. The summed E-state index contributed by atoms with van der Waals surface area (Å²) in [6, 6.07) is 29.3. The molecule has 1 saturated carbocycles. The monoisotopic (exact) mass is 489 g/mol. The van der Waals surface area contributed by atoms with Crippen LogP contribution >= 0.6 is 0 Å². The van der Waals surface area contributed by atoms with E-state index in [4.69, 9.17) is 9.47 Å². The van der Waals surface area contributed by atoms with Crippen molar-refractivity contribution in [2.24, 2.45) is 5.92 Å². The van der Waals surface area contributed by atoms with E-state index in [0.717, 1.165) is 25.7 Å². The van der Waals surface area contributed by atoms with E-state index in [1.165, 1.54) is 33.9 Å². The fourth-order valence-corrected chi connectivity index (χ4v) is 7.36. The van der Waals surface area contributed by atoms with Gasteiger partial charge >= 0.3 is 5.97 Å². The number of ether oxygens (including phenoxy) is 2. The Labute approximate surface area is 213 Å². The Morgan fingerprint density at radius 2 is 1.29 bits per heavy atom. The van der Waals surface area contributed by atoms with Gasteiger partial charge in [0.05, 0.1) is 10.9 Å². The van der Waals surface area contributed by atoms with Crippen LogP contribution in [-0.2, 0) is 20.4 Å². The third-order valence-electron chi connectivity index (χ3n) is 7.24. The summed E-state index contributed by atoms with van der Waals surface area (Å²) in [5.41, 5.74) is -0.357. The second-order valence-corrected chi connectivity index (χ2v) is 11.3. The first-order valence-electron chi connectivity index (χ1n) is 12.9. The molecule has 3 aromatic carbocycles. The van der Waals surface area contributed by atoms with E-state index in [1.807, 2.05) is 24.3 Å². The SMILES string of the molecule is CCC(CC)(OC(=O)COc1ccc([S+](c2ccccc2)c2ccccc2)cc1)C1CCCCC1. The normalized spacial score (nSPS) is 14.6. The summed E-state index contributed by atoms with van der Waals surface area (Å²) in [4.78, 5) is 16.5. The van der Waals surface area contributed by atoms with Gasteiger partial charge in [-0.3, -0.25) is 0 Å². The zero-order valence-electron chi connectivity index (χ0n) is 21.0. The van der Waals surface area contributed by atoms with Crippen LogP contribution in [0.3, 0.4) is 0 Å². The van der Waals surface area contributed by atoms with E-state index in [2.05, 4.69) is 74.5 Å². The van der Waals surface area contributed by atoms with Crippen molar-refractivity contribution in [3.05, 3.63) is 84.9 Å². The van der Waals surface area contributed by atoms with Crippen molar-refractivity contribution in [2.75, 3.05) is 6.61 Å². The van der Waals surface area contributed by atoms with Crippen LogP contribution in [0, 0.1) is 5.92 Å². The molecule has 1 fully saturated rings. The van der Waals surface area contributed by atoms with Gasteiger partial charge in [-0.25, -0.2) is 4.79 Å². The number of rotatable bonds is 10. The van der Waals surface area contributed by atoms with Crippen molar-refractivity contribution >= 4 is 16.9 Å². The van der Waals surface area contributed by atoms with Crippen LogP contribution in [-0.4, -0.2) is 18.2 Å². The third kappa shape index (κ3) is 6.29. The summed E-state index contributed by atoms with van der Waals surface area (Å²) < 4.78 is 12.0. The molecule has 0 aromatic heterocycles. The van der Waals surface area contributed by atoms with E-state index in [1.54, 1.807) is 0 Å². The molecule has 0 saturated heterocycles. The van der Waals surface area contributed by atoms with Crippen LogP contribution in [0.2, 0.25) is 0 Å². The topological polar surface area (TPSA) is 35.5 Å². The maximum atomic E-state index is 12.8. The van der Waals surface area contributed by atoms with Crippen LogP contribution in [0.25, 0.3) is 0 Å². The first kappa shape index (κ1) is 25.4. The summed E-state index contributed by atoms with van der Waals surface area (Å²) in [5, 5.41) is 0. The fraction of sp³-hybridized carbons (Fsp3) is 0.387. The van der Waals surface area contributed by atoms with Gasteiger partial charge in [-0.15, -0.1) is 0 Å². The van der Waals surface area contributed by atoms with Crippen molar-refractivity contribution in [3.8, 4) is 5.75 Å². The first-order chi connectivity index (χ1) is 17.1. The molecule has 4 rings (SSSR count). The van der Waals surface area contributed by atoms with Crippen LogP contribution in [0.4, 0.5) is 0 Å². The fourth-order valence-electron chi connectivity index (χ4n) is 5.28. The Morgan fingerprint density at radius 3 is 1.80 bits per heavy atom. The summed E-state index contributed by atoms with van der Waals surface area (Å²) in [5.74, 6) is 0.881. The molecular formula is C31H37O3S+. The van der Waals surface area contributed by atoms with Gasteiger partial charge in [0.2, 0.25) is 0 Å². The molecule has 0 N–H and O–H groups in total. The molecule has 35 heavy (non-hydrogen) atoms. The predicted octanol–water partition coefficient (Wildman–Crippen LogP) is 7.84. The summed E-state index contributed by atoms with van der Waals surface area (Å²) >= 11 is 0. The maximum Gasteiger partial charge on any atom is 0.344 e. The Bertz CT molecular complexity index is 1000. The summed E-state index contributed by atoms with van der Waals surface area (Å²) in [7, 11) is -0.202. The van der Waals surface area contributed by atoms with Gasteiger partial charge in [0.1, 0.15) is 11.4 Å². The molecule has 4 heteroatoms. The van der Waals surface area contributed by atoms with Crippen molar-refractivity contribution in [2.45, 2.75) is 79.1 Å². The molecule has 0 atom stereocenters. The molecule has 3 nitrogen and oxygen atoms in total. The van der Waals surface area contributed by atoms with Gasteiger partial charge in [-0.2, -0.15) is 0 Å². The van der Waals surface area contributed by atoms with E-state index in [-0.39, 0.29) is 29.1 Å². The highest BCUT2D eigenvalue weighted by molar-refractivity contribution is 7.97. The second kappa shape index (κ2) is 12.3. The second-order valence-electron chi connectivity index (χ2n) is 9.27. The van der Waals surface area contributed by atoms with Gasteiger partial charge in [0, 0.05) is 0 Å². The van der Waals surface area contributed by atoms with Crippen LogP contribution in [0.15, 0.2) is 99.6 Å². The van der Waals surface area contributed by atoms with Crippen molar-refractivity contribution < 1.29 is 14.3 Å². The lowest BCUT2D eigenvalue weighted by Gasteiger charge is -2.41. The predicted molar refractivity (Wildman–Crippen MR) is 143 cm³/mol. The van der Waals surface area contributed by atoms with E-state index >= 15 is 0 Å². The summed E-state index contributed by atoms with van der Waals surface area (Å²) in [6.07, 6.45) is 7.79. The molecule has 1 aliphatic carbocycles. The standard InChI is InChI=1S/C31H37O3S/c1-3-31(4-2,25-14-8-5-9-15-25)34-30(32)24-33-26-20-22-29(23-21-26)35(27-16-10-6-11-17-27)28-18-12-7-13-19-28/h6-7,10-13,16-23,25H,3-5,8-9,14-15,24H2,1-2H3/q+1. The lowest BCUT2D eigenvalue weighted by molar-refractivity contribution is -0.172. The zero-order chi connectivity index (χ0) is 24.5. The van der Waals surface area contributed by atoms with Gasteiger partial charge in [-0.1, -0.05) is 69.5 Å². The highest BCUT2D eigenvalue weighted by Gasteiger charge is 2.40. The number of esters is 1. The molecular weight excluding hydrogens is 452 g/mol. The average molecular weight is 490 g/mol. The molecule has 0 unspecified atom stereocenters. The molecule has 3 aromatic rings. The number of hydrogen-bond acceptors (Lipinski definition) is 3. The Morgan fingerprint density at radius 1 is 0.771 bits per heavy atom. The van der Waals surface area contributed by atoms with Crippen LogP contribution in [0.1, 0.15) is 58.8 Å². The average Bonchev–Trinajstić information content (AvgIpc) is 2.93. The number of benzene rings is 3. The minimum Gasteiger partial charge on any atom is -0.482 e. The Kier molecular flexibility index (Phi) is 8.92. The third-order valence-corrected chi connectivity index (χ3v) is 9.47. The van der Waals surface area contributed by atoms with Gasteiger partial charge in [0.25, 0.3) is 0 Å². The molecule has 0 aliphatic heterocycles. The molecule has 0 heterocycles. The van der Waals surface area contributed by atoms with Crippen LogP contribution < -0.4 is 4.74 Å². The quantitative estimate of drug-likeness (QED) is 0.215. The highest BCUT2D eigenvalue weighted by atomic mass is 32.2. The molecule has 0 bridgehead atoms. The highest BCUT2D eigenvalue weighted by Crippen LogP contribution is 2.39. The largest absolute Gasteiger partial charge is 0.482 e. The Balaban J connectivity index is 1.42. The lowest BCUT2D eigenvalue weighted by atomic mass is 9.74. The molecule has 0 radical (unpaired) electrons. The molecule has 1 aliphatic rings. The smallest absolute Gasteiger partial charge is 0.344 e. The van der Waals surface area contributed by atoms with Crippen molar-refractivity contribution in [1.82, 2.24) is 0 Å². The van der Waals surface area contributed by atoms with Gasteiger partial charge in [-0.05, 0) is 80.1 Å². The van der Waals surface area contributed by atoms with Gasteiger partial charge < -0.3 is 9.47 Å². The van der Waals surface area contributed by atoms with Gasteiger partial charge in [0.15, 0.2) is 21.3 Å². The molecule has 0 spiro atoms.